The molecule has 1 aromatic carbocycles. The van der Waals surface area contributed by atoms with Crippen LogP contribution in [0.4, 0.5) is 4.79 Å². The van der Waals surface area contributed by atoms with Crippen molar-refractivity contribution in [2.24, 2.45) is 0 Å². The summed E-state index contributed by atoms with van der Waals surface area (Å²) in [5, 5.41) is 2.64. The molecule has 1 aromatic rings. The molecule has 2 rings (SSSR count). The van der Waals surface area contributed by atoms with Crippen LogP contribution in [0.5, 0.6) is 0 Å². The molecule has 0 bridgehead atoms. The maximum atomic E-state index is 11.5. The van der Waals surface area contributed by atoms with Crippen molar-refractivity contribution in [3.05, 3.63) is 34.9 Å². The average Bonchev–Trinajstić information content (AvgIpc) is 2.78. The molecular weight excluding hydrogens is 282 g/mol. The van der Waals surface area contributed by atoms with E-state index in [1.54, 1.807) is 6.07 Å². The molecule has 1 heterocycles. The number of ether oxygens (including phenoxy) is 2. The fraction of sp³-hybridized carbons (Fsp3) is 0.412. The highest BCUT2D eigenvalue weighted by atomic mass is 16.6. The molecule has 5 nitrogen and oxygen atoms in total. The van der Waals surface area contributed by atoms with Gasteiger partial charge in [-0.1, -0.05) is 17.9 Å². The lowest BCUT2D eigenvalue weighted by Gasteiger charge is -2.19. The number of hydrogen-bond acceptors (Lipinski definition) is 4. The van der Waals surface area contributed by atoms with E-state index in [0.29, 0.717) is 25.1 Å². The Morgan fingerprint density at radius 2 is 2.18 bits per heavy atom. The molecule has 1 amide bonds. The summed E-state index contributed by atoms with van der Waals surface area (Å²) in [7, 11) is 0. The number of alkyl carbamates (subject to hydrolysis) is 1. The van der Waals surface area contributed by atoms with Crippen molar-refractivity contribution in [1.29, 1.82) is 0 Å². The molecule has 0 atom stereocenters. The van der Waals surface area contributed by atoms with Crippen LogP contribution in [0.15, 0.2) is 18.2 Å². The van der Waals surface area contributed by atoms with Crippen molar-refractivity contribution in [2.75, 3.05) is 6.54 Å². The van der Waals surface area contributed by atoms with Crippen LogP contribution in [0.1, 0.15) is 48.7 Å². The van der Waals surface area contributed by atoms with Gasteiger partial charge < -0.3 is 14.8 Å². The van der Waals surface area contributed by atoms with Gasteiger partial charge in [0, 0.05) is 24.1 Å². The molecule has 0 fully saturated rings. The molecule has 22 heavy (non-hydrogen) atoms. The highest BCUT2D eigenvalue weighted by Crippen LogP contribution is 2.20. The molecular formula is C17H19NO4. The van der Waals surface area contributed by atoms with E-state index in [1.807, 2.05) is 32.9 Å². The van der Waals surface area contributed by atoms with Gasteiger partial charge >= 0.3 is 12.1 Å². The molecule has 0 spiro atoms. The zero-order chi connectivity index (χ0) is 16.2. The molecule has 0 saturated carbocycles. The smallest absolute Gasteiger partial charge is 0.407 e. The number of benzene rings is 1. The Hall–Kier alpha value is -2.48. The minimum Gasteiger partial charge on any atom is -0.457 e. The summed E-state index contributed by atoms with van der Waals surface area (Å²) in [6.07, 6.45) is 0.0513. The van der Waals surface area contributed by atoms with Gasteiger partial charge in [0.15, 0.2) is 0 Å². The van der Waals surface area contributed by atoms with Crippen molar-refractivity contribution >= 4 is 12.1 Å². The number of carbonyl (C=O) groups is 2. The zero-order valence-corrected chi connectivity index (χ0v) is 13.0. The lowest BCUT2D eigenvalue weighted by Crippen LogP contribution is -2.32. The fourth-order valence-corrected chi connectivity index (χ4v) is 1.90. The van der Waals surface area contributed by atoms with Crippen molar-refractivity contribution in [3.63, 3.8) is 0 Å². The maximum absolute atomic E-state index is 11.5. The number of amides is 1. The second kappa shape index (κ2) is 6.52. The number of cyclic esters (lactones) is 1. The van der Waals surface area contributed by atoms with Crippen LogP contribution in [0, 0.1) is 11.8 Å². The SMILES string of the molecule is CC(C)(C)OC(=O)NCCC#Cc1ccc2c(c1)C(=O)OC2. The lowest BCUT2D eigenvalue weighted by molar-refractivity contribution is 0.0521. The molecule has 0 saturated heterocycles. The average molecular weight is 301 g/mol. The Bertz CT molecular complexity index is 647. The van der Waals surface area contributed by atoms with Crippen molar-refractivity contribution < 1.29 is 19.1 Å². The molecule has 0 aliphatic carbocycles. The number of carbonyl (C=O) groups excluding carboxylic acids is 2. The van der Waals surface area contributed by atoms with Gasteiger partial charge in [0.25, 0.3) is 0 Å². The third kappa shape index (κ3) is 4.52. The first kappa shape index (κ1) is 15.9. The van der Waals surface area contributed by atoms with Gasteiger partial charge in [-0.05, 0) is 32.9 Å². The van der Waals surface area contributed by atoms with Gasteiger partial charge in [0.1, 0.15) is 12.2 Å². The summed E-state index contributed by atoms with van der Waals surface area (Å²) in [5.41, 5.74) is 1.73. The third-order valence-corrected chi connectivity index (χ3v) is 2.84. The van der Waals surface area contributed by atoms with Crippen LogP contribution in [-0.4, -0.2) is 24.2 Å². The highest BCUT2D eigenvalue weighted by Gasteiger charge is 2.20. The van der Waals surface area contributed by atoms with Gasteiger partial charge in [-0.25, -0.2) is 9.59 Å². The van der Waals surface area contributed by atoms with Crippen LogP contribution in [0.2, 0.25) is 0 Å². The molecule has 0 aromatic heterocycles. The second-order valence-corrected chi connectivity index (χ2v) is 5.93. The summed E-state index contributed by atoms with van der Waals surface area (Å²) in [5.74, 6) is 5.62. The minimum atomic E-state index is -0.505. The quantitative estimate of drug-likeness (QED) is 0.518. The van der Waals surface area contributed by atoms with Gasteiger partial charge in [-0.3, -0.25) is 0 Å². The predicted octanol–water partition coefficient (Wildman–Crippen LogP) is 2.62. The Morgan fingerprint density at radius 3 is 2.91 bits per heavy atom. The summed E-state index contributed by atoms with van der Waals surface area (Å²) in [6, 6.07) is 5.44. The Labute approximate surface area is 130 Å². The van der Waals surface area contributed by atoms with E-state index in [0.717, 1.165) is 11.1 Å². The van der Waals surface area contributed by atoms with Gasteiger partial charge in [-0.2, -0.15) is 0 Å². The van der Waals surface area contributed by atoms with Crippen molar-refractivity contribution in [3.8, 4) is 11.8 Å². The standard InChI is InChI=1S/C17H19NO4/c1-17(2,3)22-16(20)18-9-5-4-6-12-7-8-13-11-21-15(19)14(13)10-12/h7-8,10H,5,9,11H2,1-3H3,(H,18,20). The molecule has 0 unspecified atom stereocenters. The lowest BCUT2D eigenvalue weighted by atomic mass is 10.1. The summed E-state index contributed by atoms with van der Waals surface area (Å²) in [4.78, 5) is 22.9. The Balaban J connectivity index is 1.81. The summed E-state index contributed by atoms with van der Waals surface area (Å²) < 4.78 is 10.1. The summed E-state index contributed by atoms with van der Waals surface area (Å²) in [6.45, 7) is 6.18. The van der Waals surface area contributed by atoms with Crippen LogP contribution in [0.25, 0.3) is 0 Å². The number of rotatable bonds is 2. The van der Waals surface area contributed by atoms with Gasteiger partial charge in [0.05, 0.1) is 5.56 Å². The topological polar surface area (TPSA) is 64.6 Å². The van der Waals surface area contributed by atoms with Crippen molar-refractivity contribution in [2.45, 2.75) is 39.4 Å². The van der Waals surface area contributed by atoms with Crippen molar-refractivity contribution in [1.82, 2.24) is 5.32 Å². The number of esters is 1. The fourth-order valence-electron chi connectivity index (χ4n) is 1.90. The van der Waals surface area contributed by atoms with Crippen LogP contribution < -0.4 is 5.32 Å². The molecule has 1 aliphatic rings. The second-order valence-electron chi connectivity index (χ2n) is 5.93. The third-order valence-electron chi connectivity index (χ3n) is 2.84. The number of fused-ring (bicyclic) bond motifs is 1. The normalized spacial score (nSPS) is 12.8. The van der Waals surface area contributed by atoms with E-state index >= 15 is 0 Å². The molecule has 1 N–H and O–H groups in total. The van der Waals surface area contributed by atoms with E-state index in [4.69, 9.17) is 9.47 Å². The van der Waals surface area contributed by atoms with E-state index in [9.17, 15) is 9.59 Å². The monoisotopic (exact) mass is 301 g/mol. The number of nitrogens with one attached hydrogen (secondary N) is 1. The first-order chi connectivity index (χ1) is 10.3. The van der Waals surface area contributed by atoms with Crippen LogP contribution in [0.3, 0.4) is 0 Å². The van der Waals surface area contributed by atoms with E-state index < -0.39 is 11.7 Å². The van der Waals surface area contributed by atoms with Crippen LogP contribution >= 0.6 is 0 Å². The largest absolute Gasteiger partial charge is 0.457 e. The zero-order valence-electron chi connectivity index (χ0n) is 13.0. The summed E-state index contributed by atoms with van der Waals surface area (Å²) >= 11 is 0. The van der Waals surface area contributed by atoms with Gasteiger partial charge in [-0.15, -0.1) is 0 Å². The predicted molar refractivity (Wildman–Crippen MR) is 81.3 cm³/mol. The molecule has 1 aliphatic heterocycles. The Kier molecular flexibility index (Phi) is 4.71. The van der Waals surface area contributed by atoms with E-state index in [1.165, 1.54) is 0 Å². The molecule has 116 valence electrons. The maximum Gasteiger partial charge on any atom is 0.407 e. The van der Waals surface area contributed by atoms with E-state index in [-0.39, 0.29) is 5.97 Å². The first-order valence-corrected chi connectivity index (χ1v) is 7.11. The minimum absolute atomic E-state index is 0.301. The van der Waals surface area contributed by atoms with E-state index in [2.05, 4.69) is 17.2 Å². The molecule has 0 radical (unpaired) electrons. The number of hydrogen-bond donors (Lipinski definition) is 1. The molecule has 5 heteroatoms. The highest BCUT2D eigenvalue weighted by molar-refractivity contribution is 5.93. The van der Waals surface area contributed by atoms with Gasteiger partial charge in [0.2, 0.25) is 0 Å². The van der Waals surface area contributed by atoms with Crippen LogP contribution in [-0.2, 0) is 16.1 Å². The first-order valence-electron chi connectivity index (χ1n) is 7.11. The Morgan fingerprint density at radius 1 is 1.41 bits per heavy atom.